The van der Waals surface area contributed by atoms with Crippen molar-refractivity contribution in [3.05, 3.63) is 29.8 Å². The number of rotatable bonds is 6. The molecule has 19 heavy (non-hydrogen) atoms. The minimum absolute atomic E-state index is 0.0686. The minimum atomic E-state index is -0.217. The lowest BCUT2D eigenvalue weighted by Crippen LogP contribution is -2.26. The fourth-order valence-corrected chi connectivity index (χ4v) is 1.95. The molecule has 1 N–H and O–H groups in total. The van der Waals surface area contributed by atoms with Crippen molar-refractivity contribution >= 4 is 17.6 Å². The highest BCUT2D eigenvalue weighted by atomic mass is 16.6. The quantitative estimate of drug-likeness (QED) is 0.630. The largest absolute Gasteiger partial charge is 0.448 e. The number of carbonyl (C=O) groups is 2. The van der Waals surface area contributed by atoms with Gasteiger partial charge < -0.3 is 15.0 Å². The van der Waals surface area contributed by atoms with Crippen molar-refractivity contribution in [2.24, 2.45) is 0 Å². The molecule has 0 radical (unpaired) electrons. The average molecular weight is 262 g/mol. The Morgan fingerprint density at radius 2 is 2.11 bits per heavy atom. The van der Waals surface area contributed by atoms with Gasteiger partial charge in [-0.25, -0.2) is 4.79 Å². The highest BCUT2D eigenvalue weighted by Crippen LogP contribution is 2.10. The molecule has 0 saturated carbocycles. The van der Waals surface area contributed by atoms with E-state index in [9.17, 15) is 9.59 Å². The van der Waals surface area contributed by atoms with Gasteiger partial charge in [-0.2, -0.15) is 0 Å². The number of benzene rings is 1. The van der Waals surface area contributed by atoms with E-state index in [0.717, 1.165) is 18.7 Å². The van der Waals surface area contributed by atoms with Gasteiger partial charge in [-0.3, -0.25) is 4.79 Å². The number of Topliss-reactive ketones (excluding diaryl/α,β-unsaturated/α-hetero) is 1. The number of cyclic esters (lactones) is 1. The highest BCUT2D eigenvalue weighted by molar-refractivity contribution is 5.94. The first kappa shape index (κ1) is 13.4. The molecule has 1 fully saturated rings. The zero-order chi connectivity index (χ0) is 13.7. The number of ketones is 1. The molecule has 5 nitrogen and oxygen atoms in total. The lowest BCUT2D eigenvalue weighted by Gasteiger charge is -2.13. The molecule has 0 bridgehead atoms. The van der Waals surface area contributed by atoms with Crippen molar-refractivity contribution in [3.63, 3.8) is 0 Å². The normalized spacial score (nSPS) is 14.4. The summed E-state index contributed by atoms with van der Waals surface area (Å²) in [7, 11) is 0. The van der Waals surface area contributed by atoms with E-state index < -0.39 is 0 Å². The Morgan fingerprint density at radius 3 is 2.68 bits per heavy atom. The van der Waals surface area contributed by atoms with Crippen LogP contribution in [0.5, 0.6) is 0 Å². The summed E-state index contributed by atoms with van der Waals surface area (Å²) in [6.07, 6.45) is 0.648. The monoisotopic (exact) mass is 262 g/mol. The van der Waals surface area contributed by atoms with Gasteiger partial charge in [0.2, 0.25) is 0 Å². The predicted molar refractivity (Wildman–Crippen MR) is 72.5 cm³/mol. The van der Waals surface area contributed by atoms with Gasteiger partial charge >= 0.3 is 6.09 Å². The summed E-state index contributed by atoms with van der Waals surface area (Å²) in [6.45, 7) is 4.23. The van der Waals surface area contributed by atoms with Gasteiger partial charge in [0, 0.05) is 24.3 Å². The summed E-state index contributed by atoms with van der Waals surface area (Å²) in [5.41, 5.74) is 1.69. The number of amides is 1. The van der Waals surface area contributed by atoms with E-state index in [2.05, 4.69) is 5.32 Å². The van der Waals surface area contributed by atoms with Crippen LogP contribution in [0.2, 0.25) is 0 Å². The molecular formula is C14H18N2O3. The molecule has 1 aromatic rings. The summed E-state index contributed by atoms with van der Waals surface area (Å²) < 4.78 is 4.85. The molecule has 0 spiro atoms. The first-order valence-corrected chi connectivity index (χ1v) is 6.43. The zero-order valence-corrected chi connectivity index (χ0v) is 11.0. The molecule has 1 aromatic carbocycles. The Kier molecular flexibility index (Phi) is 4.39. The number of nitrogens with one attached hydrogen (secondary N) is 1. The number of ether oxygens (including phenoxy) is 1. The van der Waals surface area contributed by atoms with Crippen molar-refractivity contribution < 1.29 is 14.3 Å². The van der Waals surface area contributed by atoms with Crippen molar-refractivity contribution in [3.8, 4) is 0 Å². The van der Waals surface area contributed by atoms with Crippen molar-refractivity contribution in [2.45, 2.75) is 13.3 Å². The Hall–Kier alpha value is -2.04. The van der Waals surface area contributed by atoms with E-state index in [4.69, 9.17) is 4.74 Å². The Balaban J connectivity index is 1.70. The summed E-state index contributed by atoms with van der Waals surface area (Å²) in [5.74, 6) is 0.0686. The third-order valence-corrected chi connectivity index (χ3v) is 3.07. The van der Waals surface area contributed by atoms with Crippen LogP contribution in [0.4, 0.5) is 10.5 Å². The van der Waals surface area contributed by atoms with Gasteiger partial charge in [-0.15, -0.1) is 0 Å². The molecule has 1 heterocycles. The van der Waals surface area contributed by atoms with Gasteiger partial charge in [0.15, 0.2) is 5.78 Å². The fourth-order valence-electron chi connectivity index (χ4n) is 1.95. The van der Waals surface area contributed by atoms with E-state index in [1.807, 2.05) is 24.3 Å². The Morgan fingerprint density at radius 1 is 1.37 bits per heavy atom. The van der Waals surface area contributed by atoms with E-state index in [1.165, 1.54) is 0 Å². The smallest absolute Gasteiger partial charge is 0.409 e. The second-order valence-corrected chi connectivity index (χ2v) is 4.52. The summed E-state index contributed by atoms with van der Waals surface area (Å²) in [5, 5.41) is 3.26. The molecule has 1 amide bonds. The maximum atomic E-state index is 11.2. The van der Waals surface area contributed by atoms with E-state index >= 15 is 0 Å². The summed E-state index contributed by atoms with van der Waals surface area (Å²) >= 11 is 0. The lowest BCUT2D eigenvalue weighted by molar-refractivity contribution is 0.101. The van der Waals surface area contributed by atoms with Gasteiger partial charge in [0.1, 0.15) is 6.61 Å². The van der Waals surface area contributed by atoms with E-state index in [1.54, 1.807) is 11.8 Å². The third-order valence-electron chi connectivity index (χ3n) is 3.07. The average Bonchev–Trinajstić information content (AvgIpc) is 2.81. The van der Waals surface area contributed by atoms with Crippen LogP contribution in [0, 0.1) is 0 Å². The molecule has 2 rings (SSSR count). The second-order valence-electron chi connectivity index (χ2n) is 4.52. The van der Waals surface area contributed by atoms with Crippen LogP contribution in [0.25, 0.3) is 0 Å². The van der Waals surface area contributed by atoms with Gasteiger partial charge in [0.05, 0.1) is 6.54 Å². The molecule has 1 aliphatic heterocycles. The lowest BCUT2D eigenvalue weighted by atomic mass is 10.1. The SMILES string of the molecule is CC(=O)c1ccc(NCCCN2CCOC2=O)cc1. The number of anilines is 1. The fraction of sp³-hybridized carbons (Fsp3) is 0.429. The van der Waals surface area contributed by atoms with Crippen molar-refractivity contribution in [1.29, 1.82) is 0 Å². The van der Waals surface area contributed by atoms with E-state index in [-0.39, 0.29) is 11.9 Å². The molecule has 0 aromatic heterocycles. The highest BCUT2D eigenvalue weighted by Gasteiger charge is 2.20. The van der Waals surface area contributed by atoms with Gasteiger partial charge in [-0.05, 0) is 37.6 Å². The van der Waals surface area contributed by atoms with Crippen LogP contribution in [-0.4, -0.2) is 43.0 Å². The van der Waals surface area contributed by atoms with Crippen LogP contribution in [-0.2, 0) is 4.74 Å². The number of hydrogen-bond acceptors (Lipinski definition) is 4. The van der Waals surface area contributed by atoms with E-state index in [0.29, 0.717) is 25.3 Å². The van der Waals surface area contributed by atoms with Crippen LogP contribution >= 0.6 is 0 Å². The second kappa shape index (κ2) is 6.22. The Labute approximate surface area is 112 Å². The minimum Gasteiger partial charge on any atom is -0.448 e. The maximum absolute atomic E-state index is 11.2. The van der Waals surface area contributed by atoms with Crippen molar-refractivity contribution in [1.82, 2.24) is 4.90 Å². The van der Waals surface area contributed by atoms with Crippen LogP contribution in [0.1, 0.15) is 23.7 Å². The Bertz CT molecular complexity index is 456. The van der Waals surface area contributed by atoms with Crippen LogP contribution in [0.15, 0.2) is 24.3 Å². The number of carbonyl (C=O) groups excluding carboxylic acids is 2. The molecular weight excluding hydrogens is 244 g/mol. The number of nitrogens with zero attached hydrogens (tertiary/aromatic N) is 1. The molecule has 5 heteroatoms. The summed E-state index contributed by atoms with van der Waals surface area (Å²) in [6, 6.07) is 7.40. The van der Waals surface area contributed by atoms with Gasteiger partial charge in [-0.1, -0.05) is 0 Å². The molecule has 1 saturated heterocycles. The van der Waals surface area contributed by atoms with Crippen molar-refractivity contribution in [2.75, 3.05) is 31.6 Å². The topological polar surface area (TPSA) is 58.6 Å². The molecule has 0 aliphatic carbocycles. The van der Waals surface area contributed by atoms with Crippen LogP contribution < -0.4 is 5.32 Å². The predicted octanol–water partition coefficient (Wildman–Crippen LogP) is 2.14. The standard InChI is InChI=1S/C14H18N2O3/c1-11(17)12-3-5-13(6-4-12)15-7-2-8-16-9-10-19-14(16)18/h3-6,15H,2,7-10H2,1H3. The molecule has 1 aliphatic rings. The number of hydrogen-bond donors (Lipinski definition) is 1. The maximum Gasteiger partial charge on any atom is 0.409 e. The third kappa shape index (κ3) is 3.71. The summed E-state index contributed by atoms with van der Waals surface area (Å²) in [4.78, 5) is 24.0. The van der Waals surface area contributed by atoms with Gasteiger partial charge in [0.25, 0.3) is 0 Å². The first-order chi connectivity index (χ1) is 9.16. The zero-order valence-electron chi connectivity index (χ0n) is 11.0. The van der Waals surface area contributed by atoms with Crippen LogP contribution in [0.3, 0.4) is 0 Å². The molecule has 0 atom stereocenters. The molecule has 0 unspecified atom stereocenters. The first-order valence-electron chi connectivity index (χ1n) is 6.43. The molecule has 102 valence electrons.